The van der Waals surface area contributed by atoms with Gasteiger partial charge in [-0.15, -0.1) is 11.3 Å². The quantitative estimate of drug-likeness (QED) is 0.811. The molecular weight excluding hydrogens is 340 g/mol. The van der Waals surface area contributed by atoms with E-state index in [1.807, 2.05) is 30.3 Å². The number of benzene rings is 1. The lowest BCUT2D eigenvalue weighted by atomic mass is 9.87. The highest BCUT2D eigenvalue weighted by Gasteiger charge is 2.26. The van der Waals surface area contributed by atoms with Crippen LogP contribution in [0.25, 0.3) is 0 Å². The summed E-state index contributed by atoms with van der Waals surface area (Å²) in [4.78, 5) is 28.3. The number of carboxylic acids is 1. The summed E-state index contributed by atoms with van der Waals surface area (Å²) in [5.41, 5.74) is 0.932. The molecule has 25 heavy (non-hydrogen) atoms. The van der Waals surface area contributed by atoms with Gasteiger partial charge in [-0.3, -0.25) is 5.32 Å². The Labute approximate surface area is 149 Å². The Bertz CT molecular complexity index is 739. The minimum atomic E-state index is -1.05. The first-order valence-corrected chi connectivity index (χ1v) is 9.17. The van der Waals surface area contributed by atoms with Gasteiger partial charge in [0, 0.05) is 4.88 Å². The fraction of sp³-hybridized carbons (Fsp3) is 0.389. The number of aromatic carboxylic acids is 1. The Morgan fingerprint density at radius 1 is 1.20 bits per heavy atom. The summed E-state index contributed by atoms with van der Waals surface area (Å²) in [6.45, 7) is 0.152. The van der Waals surface area contributed by atoms with Crippen molar-refractivity contribution >= 4 is 28.5 Å². The van der Waals surface area contributed by atoms with Crippen LogP contribution in [0.3, 0.4) is 0 Å². The second-order valence-corrected chi connectivity index (χ2v) is 7.09. The number of amides is 1. The Balaban J connectivity index is 1.65. The molecule has 1 fully saturated rings. The molecule has 1 heterocycles. The van der Waals surface area contributed by atoms with Crippen molar-refractivity contribution in [3.8, 4) is 0 Å². The number of nitrogens with one attached hydrogen (secondary N) is 1. The summed E-state index contributed by atoms with van der Waals surface area (Å²) in [7, 11) is 0. The fourth-order valence-electron chi connectivity index (χ4n) is 3.03. The number of nitrogens with zero attached hydrogens (tertiary/aromatic N) is 1. The summed E-state index contributed by atoms with van der Waals surface area (Å²) < 4.78 is 5.16. The molecule has 0 unspecified atom stereocenters. The first-order valence-electron chi connectivity index (χ1n) is 8.35. The van der Waals surface area contributed by atoms with Crippen molar-refractivity contribution in [2.24, 2.45) is 0 Å². The lowest BCUT2D eigenvalue weighted by Gasteiger charge is -2.20. The third-order valence-corrected chi connectivity index (χ3v) is 5.39. The molecule has 1 saturated carbocycles. The van der Waals surface area contributed by atoms with Crippen molar-refractivity contribution in [3.05, 3.63) is 46.5 Å². The predicted molar refractivity (Wildman–Crippen MR) is 95.1 cm³/mol. The molecule has 2 N–H and O–H groups in total. The standard InChI is InChI=1S/C18H20N2O4S/c21-16(22)14-15(13-9-5-2-6-10-13)25-17(19-14)20-18(23)24-11-12-7-3-1-4-8-12/h1,3-4,7-8,13H,2,5-6,9-11H2,(H,21,22)(H,19,20,23). The summed E-state index contributed by atoms with van der Waals surface area (Å²) in [5, 5.41) is 12.2. The van der Waals surface area contributed by atoms with E-state index in [4.69, 9.17) is 4.74 Å². The van der Waals surface area contributed by atoms with Crippen LogP contribution in [0, 0.1) is 0 Å². The molecule has 2 aromatic rings. The van der Waals surface area contributed by atoms with Crippen LogP contribution in [0.2, 0.25) is 0 Å². The first kappa shape index (κ1) is 17.4. The topological polar surface area (TPSA) is 88.5 Å². The lowest BCUT2D eigenvalue weighted by Crippen LogP contribution is -2.13. The Hall–Kier alpha value is -2.41. The Morgan fingerprint density at radius 3 is 2.60 bits per heavy atom. The number of aromatic nitrogens is 1. The van der Waals surface area contributed by atoms with Gasteiger partial charge in [0.2, 0.25) is 0 Å². The van der Waals surface area contributed by atoms with Gasteiger partial charge in [0.25, 0.3) is 0 Å². The third-order valence-electron chi connectivity index (χ3n) is 4.25. The molecule has 1 aliphatic carbocycles. The Morgan fingerprint density at radius 2 is 1.92 bits per heavy atom. The minimum Gasteiger partial charge on any atom is -0.476 e. The Kier molecular flexibility index (Phi) is 5.65. The highest BCUT2D eigenvalue weighted by Crippen LogP contribution is 2.39. The van der Waals surface area contributed by atoms with Gasteiger partial charge in [-0.25, -0.2) is 14.6 Å². The molecular formula is C18H20N2O4S. The zero-order chi connectivity index (χ0) is 17.6. The van der Waals surface area contributed by atoms with Crippen LogP contribution < -0.4 is 5.32 Å². The molecule has 0 atom stereocenters. The maximum Gasteiger partial charge on any atom is 0.413 e. The lowest BCUT2D eigenvalue weighted by molar-refractivity contribution is 0.0689. The molecule has 1 aromatic heterocycles. The second-order valence-electron chi connectivity index (χ2n) is 6.06. The predicted octanol–water partition coefficient (Wildman–Crippen LogP) is 4.64. The molecule has 7 heteroatoms. The van der Waals surface area contributed by atoms with Crippen molar-refractivity contribution in [2.45, 2.75) is 44.6 Å². The van der Waals surface area contributed by atoms with Crippen molar-refractivity contribution in [3.63, 3.8) is 0 Å². The number of anilines is 1. The zero-order valence-electron chi connectivity index (χ0n) is 13.7. The van der Waals surface area contributed by atoms with Gasteiger partial charge in [-0.1, -0.05) is 49.6 Å². The summed E-state index contributed by atoms with van der Waals surface area (Å²) in [5.74, 6) is -0.837. The number of rotatable bonds is 5. The van der Waals surface area contributed by atoms with Gasteiger partial charge in [-0.2, -0.15) is 0 Å². The maximum absolute atomic E-state index is 11.9. The largest absolute Gasteiger partial charge is 0.476 e. The van der Waals surface area contributed by atoms with Gasteiger partial charge in [0.15, 0.2) is 10.8 Å². The molecule has 0 bridgehead atoms. The van der Waals surface area contributed by atoms with Gasteiger partial charge in [0.1, 0.15) is 6.61 Å². The van der Waals surface area contributed by atoms with E-state index in [2.05, 4.69) is 10.3 Å². The van der Waals surface area contributed by atoms with Gasteiger partial charge in [0.05, 0.1) is 0 Å². The van der Waals surface area contributed by atoms with E-state index in [0.29, 0.717) is 0 Å². The zero-order valence-corrected chi connectivity index (χ0v) is 14.6. The summed E-state index contributed by atoms with van der Waals surface area (Å²) >= 11 is 1.24. The van der Waals surface area contributed by atoms with Crippen LogP contribution in [0.1, 0.15) is 59.0 Å². The van der Waals surface area contributed by atoms with Crippen LogP contribution >= 0.6 is 11.3 Å². The van der Waals surface area contributed by atoms with Gasteiger partial charge >= 0.3 is 12.1 Å². The van der Waals surface area contributed by atoms with Crippen molar-refractivity contribution in [2.75, 3.05) is 5.32 Å². The molecule has 0 spiro atoms. The number of hydrogen-bond donors (Lipinski definition) is 2. The van der Waals surface area contributed by atoms with E-state index in [1.165, 1.54) is 17.8 Å². The molecule has 3 rings (SSSR count). The van der Waals surface area contributed by atoms with Crippen LogP contribution in [0.15, 0.2) is 30.3 Å². The number of carbonyl (C=O) groups is 2. The van der Waals surface area contributed by atoms with Crippen LogP contribution in [-0.4, -0.2) is 22.2 Å². The summed E-state index contributed by atoms with van der Waals surface area (Å²) in [6, 6.07) is 9.35. The molecule has 0 saturated heterocycles. The summed E-state index contributed by atoms with van der Waals surface area (Å²) in [6.07, 6.45) is 4.70. The maximum atomic E-state index is 11.9. The monoisotopic (exact) mass is 360 g/mol. The van der Waals surface area contributed by atoms with E-state index in [-0.39, 0.29) is 23.4 Å². The van der Waals surface area contributed by atoms with E-state index in [0.717, 1.165) is 36.1 Å². The number of carboxylic acid groups (broad SMARTS) is 1. The molecule has 6 nitrogen and oxygen atoms in total. The molecule has 1 amide bonds. The van der Waals surface area contributed by atoms with E-state index in [9.17, 15) is 14.7 Å². The first-order chi connectivity index (χ1) is 12.1. The highest BCUT2D eigenvalue weighted by atomic mass is 32.1. The van der Waals surface area contributed by atoms with Crippen LogP contribution in [-0.2, 0) is 11.3 Å². The average Bonchev–Trinajstić information content (AvgIpc) is 3.06. The van der Waals surface area contributed by atoms with Crippen molar-refractivity contribution in [1.29, 1.82) is 0 Å². The number of ether oxygens (including phenoxy) is 1. The molecule has 132 valence electrons. The van der Waals surface area contributed by atoms with Crippen molar-refractivity contribution in [1.82, 2.24) is 4.98 Å². The smallest absolute Gasteiger partial charge is 0.413 e. The van der Waals surface area contributed by atoms with Gasteiger partial charge in [-0.05, 0) is 24.3 Å². The van der Waals surface area contributed by atoms with E-state index < -0.39 is 12.1 Å². The number of carbonyl (C=O) groups excluding carboxylic acids is 1. The van der Waals surface area contributed by atoms with Gasteiger partial charge < -0.3 is 9.84 Å². The average molecular weight is 360 g/mol. The highest BCUT2D eigenvalue weighted by molar-refractivity contribution is 7.16. The van der Waals surface area contributed by atoms with E-state index in [1.54, 1.807) is 0 Å². The molecule has 1 aliphatic rings. The SMILES string of the molecule is O=C(Nc1nc(C(=O)O)c(C2CCCCC2)s1)OCc1ccccc1. The normalized spacial score (nSPS) is 14.9. The molecule has 0 aliphatic heterocycles. The minimum absolute atomic E-state index is 0.0512. The molecule has 1 aromatic carbocycles. The number of thiazole rings is 1. The number of hydrogen-bond acceptors (Lipinski definition) is 5. The van der Waals surface area contributed by atoms with Crippen LogP contribution in [0.4, 0.5) is 9.93 Å². The fourth-order valence-corrected chi connectivity index (χ4v) is 4.14. The van der Waals surface area contributed by atoms with E-state index >= 15 is 0 Å². The van der Waals surface area contributed by atoms with Crippen LogP contribution in [0.5, 0.6) is 0 Å². The molecule has 0 radical (unpaired) electrons. The second kappa shape index (κ2) is 8.11. The third kappa shape index (κ3) is 4.57. The van der Waals surface area contributed by atoms with Crippen molar-refractivity contribution < 1.29 is 19.4 Å².